The number of hydrogen-bond acceptors (Lipinski definition) is 4. The molecule has 3 N–H and O–H groups in total. The van der Waals surface area contributed by atoms with Gasteiger partial charge in [-0.15, -0.1) is 0 Å². The first-order chi connectivity index (χ1) is 12.7. The highest BCUT2D eigenvalue weighted by Crippen LogP contribution is 2.29. The third-order valence-electron chi connectivity index (χ3n) is 4.05. The lowest BCUT2D eigenvalue weighted by atomic mass is 10.00. The minimum atomic E-state index is -0.394. The van der Waals surface area contributed by atoms with E-state index in [2.05, 4.69) is 72.0 Å². The molecule has 0 unspecified atom stereocenters. The van der Waals surface area contributed by atoms with Gasteiger partial charge in [0, 0.05) is 27.1 Å². The number of halogens is 2. The minimum Gasteiger partial charge on any atom is -0.307 e. The maximum Gasteiger partial charge on any atom is 0.337 e. The molecular formula is C18H20Br2N6O. The average molecular weight is 496 g/mol. The Morgan fingerprint density at radius 1 is 1.15 bits per heavy atom. The second kappa shape index (κ2) is 7.85. The van der Waals surface area contributed by atoms with Gasteiger partial charge in [-0.1, -0.05) is 45.7 Å². The van der Waals surface area contributed by atoms with E-state index >= 15 is 0 Å². The molecule has 0 radical (unpaired) electrons. The molecule has 3 aromatic rings. The molecule has 0 saturated heterocycles. The Bertz CT molecular complexity index is 994. The average Bonchev–Trinajstić information content (AvgIpc) is 2.85. The molecule has 0 aliphatic heterocycles. The number of aromatic nitrogens is 3. The number of benzene rings is 1. The number of fused-ring (bicyclic) bond motifs is 1. The van der Waals surface area contributed by atoms with E-state index < -0.39 is 6.03 Å². The lowest BCUT2D eigenvalue weighted by molar-refractivity contribution is 0.254. The lowest BCUT2D eigenvalue weighted by Gasteiger charge is -2.13. The lowest BCUT2D eigenvalue weighted by Crippen LogP contribution is -2.34. The summed E-state index contributed by atoms with van der Waals surface area (Å²) < 4.78 is 3.47. The Hall–Kier alpha value is -2.13. The molecule has 0 spiro atoms. The van der Waals surface area contributed by atoms with Gasteiger partial charge >= 0.3 is 6.03 Å². The highest BCUT2D eigenvalue weighted by atomic mass is 79.9. The van der Waals surface area contributed by atoms with E-state index in [-0.39, 0.29) is 0 Å². The molecule has 1 aromatic carbocycles. The van der Waals surface area contributed by atoms with E-state index in [0.29, 0.717) is 17.4 Å². The van der Waals surface area contributed by atoms with Crippen LogP contribution >= 0.6 is 31.9 Å². The van der Waals surface area contributed by atoms with Crippen molar-refractivity contribution < 1.29 is 4.79 Å². The molecule has 142 valence electrons. The zero-order chi connectivity index (χ0) is 19.7. The number of nitrogens with one attached hydrogen (secondary N) is 3. The maximum atomic E-state index is 12.2. The molecule has 9 heteroatoms. The fourth-order valence-electron chi connectivity index (χ4n) is 2.91. The minimum absolute atomic E-state index is 0.298. The van der Waals surface area contributed by atoms with Crippen LogP contribution in [0.15, 0.2) is 33.2 Å². The molecule has 7 nitrogen and oxygen atoms in total. The number of hydrazine groups is 1. The number of aryl methyl sites for hydroxylation is 2. The molecule has 0 bridgehead atoms. The molecule has 2 aromatic heterocycles. The van der Waals surface area contributed by atoms with Crippen molar-refractivity contribution in [1.82, 2.24) is 20.2 Å². The maximum absolute atomic E-state index is 12.2. The summed E-state index contributed by atoms with van der Waals surface area (Å²) >= 11 is 6.79. The summed E-state index contributed by atoms with van der Waals surface area (Å²) in [6.45, 7) is 6.22. The van der Waals surface area contributed by atoms with Crippen LogP contribution in [0, 0.1) is 6.92 Å². The standard InChI is InChI=1S/C18H20Br2N6O/c1-9(2)14-8-15(22-17-16(14)10(3)25-26(17)4)23-24-18(27)21-13-6-11(19)5-12(20)7-13/h5-9H,1-4H3,(H,22,23)(H2,21,24,27). The number of carbonyl (C=O) groups excluding carboxylic acids is 1. The highest BCUT2D eigenvalue weighted by molar-refractivity contribution is 9.11. The van der Waals surface area contributed by atoms with Crippen molar-refractivity contribution in [3.63, 3.8) is 0 Å². The first-order valence-electron chi connectivity index (χ1n) is 8.38. The second-order valence-corrected chi connectivity index (χ2v) is 8.35. The van der Waals surface area contributed by atoms with Crippen LogP contribution in [0.5, 0.6) is 0 Å². The number of hydrogen-bond donors (Lipinski definition) is 3. The normalized spacial score (nSPS) is 11.1. The van der Waals surface area contributed by atoms with Crippen LogP contribution in [-0.2, 0) is 7.05 Å². The molecule has 2 heterocycles. The zero-order valence-electron chi connectivity index (χ0n) is 15.4. The van der Waals surface area contributed by atoms with Gasteiger partial charge in [0.05, 0.1) is 5.69 Å². The Labute approximate surface area is 174 Å². The van der Waals surface area contributed by atoms with Gasteiger partial charge < -0.3 is 5.32 Å². The largest absolute Gasteiger partial charge is 0.337 e. The Kier molecular flexibility index (Phi) is 5.71. The number of anilines is 2. The fourth-order valence-corrected chi connectivity index (χ4v) is 4.20. The monoisotopic (exact) mass is 494 g/mol. The summed E-state index contributed by atoms with van der Waals surface area (Å²) in [5, 5.41) is 8.28. The predicted molar refractivity (Wildman–Crippen MR) is 115 cm³/mol. The first kappa shape index (κ1) is 19.6. The molecule has 3 rings (SSSR count). The smallest absolute Gasteiger partial charge is 0.307 e. The van der Waals surface area contributed by atoms with Gasteiger partial charge in [0.15, 0.2) is 5.65 Å². The van der Waals surface area contributed by atoms with Crippen LogP contribution in [-0.4, -0.2) is 20.8 Å². The van der Waals surface area contributed by atoms with E-state index in [1.807, 2.05) is 38.2 Å². The summed E-state index contributed by atoms with van der Waals surface area (Å²) in [6.07, 6.45) is 0. The van der Waals surface area contributed by atoms with Gasteiger partial charge in [-0.3, -0.25) is 15.5 Å². The number of amides is 2. The second-order valence-electron chi connectivity index (χ2n) is 6.52. The van der Waals surface area contributed by atoms with Crippen LogP contribution in [0.3, 0.4) is 0 Å². The van der Waals surface area contributed by atoms with Crippen molar-refractivity contribution >= 4 is 60.4 Å². The number of urea groups is 1. The summed E-state index contributed by atoms with van der Waals surface area (Å²) in [5.41, 5.74) is 9.01. The third kappa shape index (κ3) is 4.41. The molecule has 0 fully saturated rings. The molecule has 0 atom stereocenters. The number of rotatable bonds is 4. The molecule has 2 amide bonds. The fraction of sp³-hybridized carbons (Fsp3) is 0.278. The van der Waals surface area contributed by atoms with Crippen molar-refractivity contribution in [2.75, 3.05) is 10.7 Å². The Balaban J connectivity index is 1.78. The van der Waals surface area contributed by atoms with E-state index in [1.54, 1.807) is 4.68 Å². The molecule has 0 aliphatic rings. The van der Waals surface area contributed by atoms with Crippen molar-refractivity contribution in [3.05, 3.63) is 44.5 Å². The number of pyridine rings is 1. The topological polar surface area (TPSA) is 83.9 Å². The van der Waals surface area contributed by atoms with E-state index in [4.69, 9.17) is 0 Å². The number of nitrogens with zero attached hydrogens (tertiary/aromatic N) is 3. The third-order valence-corrected chi connectivity index (χ3v) is 4.96. The number of carbonyl (C=O) groups is 1. The Morgan fingerprint density at radius 2 is 1.81 bits per heavy atom. The zero-order valence-corrected chi connectivity index (χ0v) is 18.6. The van der Waals surface area contributed by atoms with Crippen LogP contribution < -0.4 is 16.2 Å². The summed E-state index contributed by atoms with van der Waals surface area (Å²) in [7, 11) is 1.86. The molecule has 0 aliphatic carbocycles. The van der Waals surface area contributed by atoms with Gasteiger partial charge in [0.25, 0.3) is 0 Å². The van der Waals surface area contributed by atoms with Gasteiger partial charge in [0.2, 0.25) is 0 Å². The van der Waals surface area contributed by atoms with Crippen molar-refractivity contribution in [2.45, 2.75) is 26.7 Å². The van der Waals surface area contributed by atoms with E-state index in [0.717, 1.165) is 31.2 Å². The van der Waals surface area contributed by atoms with Crippen molar-refractivity contribution in [3.8, 4) is 0 Å². The summed E-state index contributed by atoms with van der Waals surface area (Å²) in [6, 6.07) is 7.06. The van der Waals surface area contributed by atoms with Crippen LogP contribution in [0.2, 0.25) is 0 Å². The van der Waals surface area contributed by atoms with Crippen molar-refractivity contribution in [1.29, 1.82) is 0 Å². The first-order valence-corrected chi connectivity index (χ1v) is 9.96. The van der Waals surface area contributed by atoms with E-state index in [1.165, 1.54) is 0 Å². The van der Waals surface area contributed by atoms with Crippen molar-refractivity contribution in [2.24, 2.45) is 7.05 Å². The van der Waals surface area contributed by atoms with Gasteiger partial charge in [-0.2, -0.15) is 5.10 Å². The predicted octanol–water partition coefficient (Wildman–Crippen LogP) is 5.07. The molecule has 27 heavy (non-hydrogen) atoms. The Morgan fingerprint density at radius 3 is 2.44 bits per heavy atom. The van der Waals surface area contributed by atoms with Crippen LogP contribution in [0.1, 0.15) is 31.0 Å². The van der Waals surface area contributed by atoms with Gasteiger partial charge in [0.1, 0.15) is 5.82 Å². The van der Waals surface area contributed by atoms with Crippen LogP contribution in [0.4, 0.5) is 16.3 Å². The molecular weight excluding hydrogens is 476 g/mol. The van der Waals surface area contributed by atoms with Gasteiger partial charge in [-0.05, 0) is 42.7 Å². The quantitative estimate of drug-likeness (QED) is 0.441. The summed E-state index contributed by atoms with van der Waals surface area (Å²) in [5.74, 6) is 0.853. The summed E-state index contributed by atoms with van der Waals surface area (Å²) in [4.78, 5) is 16.8. The highest BCUT2D eigenvalue weighted by Gasteiger charge is 2.16. The molecule has 0 saturated carbocycles. The SMILES string of the molecule is Cc1nn(C)c2nc(NNC(=O)Nc3cc(Br)cc(Br)c3)cc(C(C)C)c12. The van der Waals surface area contributed by atoms with Gasteiger partial charge in [-0.25, -0.2) is 9.78 Å². The van der Waals surface area contributed by atoms with Crippen LogP contribution in [0.25, 0.3) is 11.0 Å². The van der Waals surface area contributed by atoms with E-state index in [9.17, 15) is 4.79 Å².